The van der Waals surface area contributed by atoms with Crippen LogP contribution >= 0.6 is 11.6 Å². The molecule has 0 amide bonds. The number of hydrogen-bond donors (Lipinski definition) is 2. The van der Waals surface area contributed by atoms with Gasteiger partial charge in [-0.2, -0.15) is 0 Å². The van der Waals surface area contributed by atoms with E-state index in [4.69, 9.17) is 17.3 Å². The molecule has 3 N–H and O–H groups in total. The Morgan fingerprint density at radius 2 is 2.12 bits per heavy atom. The predicted octanol–water partition coefficient (Wildman–Crippen LogP) is 0.713. The van der Waals surface area contributed by atoms with Crippen molar-refractivity contribution in [2.45, 2.75) is 19.5 Å². The van der Waals surface area contributed by atoms with Crippen LogP contribution in [-0.2, 0) is 0 Å². The summed E-state index contributed by atoms with van der Waals surface area (Å²) in [5.74, 6) is 0.611. The molecule has 0 spiro atoms. The highest BCUT2D eigenvalue weighted by Crippen LogP contribution is 1.88. The van der Waals surface area contributed by atoms with Crippen LogP contribution in [0.5, 0.6) is 0 Å². The van der Waals surface area contributed by atoms with E-state index in [9.17, 15) is 0 Å². The fraction of sp³-hybridized carbons (Fsp3) is 1.00. The van der Waals surface area contributed by atoms with Gasteiger partial charge in [0.15, 0.2) is 0 Å². The molecule has 0 rings (SSSR count). The Morgan fingerprint density at radius 3 is 2.25 bits per heavy atom. The third-order valence-corrected chi connectivity index (χ3v) is 0.875. The van der Waals surface area contributed by atoms with E-state index in [0.29, 0.717) is 5.92 Å². The summed E-state index contributed by atoms with van der Waals surface area (Å²) in [6, 6.07) is 0. The van der Waals surface area contributed by atoms with E-state index in [2.05, 4.69) is 19.2 Å². The quantitative estimate of drug-likeness (QED) is 0.341. The largest absolute Gasteiger partial charge is 0.303 e. The predicted molar refractivity (Wildman–Crippen MR) is 36.7 cm³/mol. The van der Waals surface area contributed by atoms with Crippen molar-refractivity contribution in [1.82, 2.24) is 5.32 Å². The molecule has 0 bridgehead atoms. The number of alkyl halides is 1. The maximum atomic E-state index is 5.39. The van der Waals surface area contributed by atoms with E-state index >= 15 is 0 Å². The van der Waals surface area contributed by atoms with E-state index < -0.39 is 5.62 Å². The molecule has 0 saturated heterocycles. The second kappa shape index (κ2) is 4.13. The Morgan fingerprint density at radius 1 is 1.62 bits per heavy atom. The fourth-order valence-corrected chi connectivity index (χ4v) is 0.437. The molecular weight excluding hydrogens is 124 g/mol. The summed E-state index contributed by atoms with van der Waals surface area (Å²) in [5.41, 5.74) is 4.80. The molecule has 0 aromatic rings. The molecule has 0 aromatic carbocycles. The Labute approximate surface area is 55.4 Å². The van der Waals surface area contributed by atoms with Crippen molar-refractivity contribution < 1.29 is 0 Å². The number of nitrogens with two attached hydrogens (primary N) is 1. The van der Waals surface area contributed by atoms with Gasteiger partial charge < -0.3 is 5.73 Å². The molecule has 0 aliphatic rings. The first-order valence-electron chi connectivity index (χ1n) is 2.76. The molecular formula is C5H13ClN2. The number of hydrogen-bond acceptors (Lipinski definition) is 2. The van der Waals surface area contributed by atoms with E-state index in [1.54, 1.807) is 0 Å². The van der Waals surface area contributed by atoms with Gasteiger partial charge in [-0.1, -0.05) is 25.4 Å². The minimum absolute atomic E-state index is 0.391. The van der Waals surface area contributed by atoms with E-state index in [-0.39, 0.29) is 0 Å². The Kier molecular flexibility index (Phi) is 4.23. The van der Waals surface area contributed by atoms with Crippen LogP contribution in [0.15, 0.2) is 0 Å². The fourth-order valence-electron chi connectivity index (χ4n) is 0.348. The lowest BCUT2D eigenvalue weighted by Gasteiger charge is -2.07. The monoisotopic (exact) mass is 136 g/mol. The average Bonchev–Trinajstić information content (AvgIpc) is 1.61. The molecule has 3 heteroatoms. The van der Waals surface area contributed by atoms with Gasteiger partial charge >= 0.3 is 0 Å². The number of nitrogens with one attached hydrogen (secondary N) is 1. The van der Waals surface area contributed by atoms with Gasteiger partial charge in [-0.05, 0) is 12.5 Å². The third kappa shape index (κ3) is 6.21. The summed E-state index contributed by atoms with van der Waals surface area (Å²) >= 11 is 5.39. The Balaban J connectivity index is 2.93. The van der Waals surface area contributed by atoms with Crippen LogP contribution < -0.4 is 11.1 Å². The molecule has 0 heterocycles. The lowest BCUT2D eigenvalue weighted by Crippen LogP contribution is -2.34. The summed E-state index contributed by atoms with van der Waals surface area (Å²) in [6.45, 7) is 5.09. The minimum Gasteiger partial charge on any atom is -0.303 e. The van der Waals surface area contributed by atoms with Crippen LogP contribution in [-0.4, -0.2) is 12.2 Å². The highest BCUT2D eigenvalue weighted by Gasteiger charge is 1.95. The van der Waals surface area contributed by atoms with Crippen LogP contribution in [0, 0.1) is 5.92 Å². The number of halogens is 1. The zero-order valence-electron chi connectivity index (χ0n) is 5.32. The molecule has 2 nitrogen and oxygen atoms in total. The van der Waals surface area contributed by atoms with Crippen molar-refractivity contribution in [1.29, 1.82) is 0 Å². The van der Waals surface area contributed by atoms with Crippen molar-refractivity contribution in [3.05, 3.63) is 0 Å². The molecule has 50 valence electrons. The van der Waals surface area contributed by atoms with Crippen molar-refractivity contribution in [3.8, 4) is 0 Å². The van der Waals surface area contributed by atoms with Crippen molar-refractivity contribution in [3.63, 3.8) is 0 Å². The van der Waals surface area contributed by atoms with Crippen molar-refractivity contribution >= 4 is 11.6 Å². The zero-order chi connectivity index (χ0) is 6.57. The van der Waals surface area contributed by atoms with Crippen molar-refractivity contribution in [2.75, 3.05) is 6.54 Å². The first-order valence-corrected chi connectivity index (χ1v) is 3.19. The molecule has 0 aromatic heterocycles. The SMILES string of the molecule is CC(C)CN[C@@H](N)Cl. The van der Waals surface area contributed by atoms with Gasteiger partial charge in [0, 0.05) is 0 Å². The summed E-state index contributed by atoms with van der Waals surface area (Å²) in [6.07, 6.45) is 0. The van der Waals surface area contributed by atoms with E-state index in [1.807, 2.05) is 0 Å². The number of rotatable bonds is 3. The lowest BCUT2D eigenvalue weighted by atomic mass is 10.2. The highest BCUT2D eigenvalue weighted by atomic mass is 35.5. The average molecular weight is 137 g/mol. The maximum Gasteiger partial charge on any atom is 0.132 e. The molecule has 8 heavy (non-hydrogen) atoms. The van der Waals surface area contributed by atoms with E-state index in [1.165, 1.54) is 0 Å². The molecule has 1 atom stereocenters. The Bertz CT molecular complexity index is 46.4. The molecule has 0 unspecified atom stereocenters. The highest BCUT2D eigenvalue weighted by molar-refractivity contribution is 6.19. The first kappa shape index (κ1) is 8.21. The van der Waals surface area contributed by atoms with Gasteiger partial charge in [-0.15, -0.1) is 0 Å². The van der Waals surface area contributed by atoms with Gasteiger partial charge in [-0.25, -0.2) is 0 Å². The summed E-state index contributed by atoms with van der Waals surface area (Å²) in [4.78, 5) is 0. The lowest BCUT2D eigenvalue weighted by molar-refractivity contribution is 0.540. The molecule has 0 saturated carbocycles. The second-order valence-electron chi connectivity index (χ2n) is 2.20. The molecule has 0 fully saturated rings. The Hall–Kier alpha value is 0.210. The van der Waals surface area contributed by atoms with Crippen LogP contribution in [0.2, 0.25) is 0 Å². The summed E-state index contributed by atoms with van der Waals surface area (Å²) in [5, 5.41) is 2.89. The standard InChI is InChI=1S/C5H13ClN2/c1-4(2)3-8-5(6)7/h4-5,8H,3,7H2,1-2H3/t5-/m1/s1. The van der Waals surface area contributed by atoms with Gasteiger partial charge in [0.1, 0.15) is 5.62 Å². The second-order valence-corrected chi connectivity index (χ2v) is 2.67. The normalized spacial score (nSPS) is 14.6. The molecule has 0 aliphatic carbocycles. The van der Waals surface area contributed by atoms with Crippen molar-refractivity contribution in [2.24, 2.45) is 11.7 Å². The van der Waals surface area contributed by atoms with Crippen LogP contribution in [0.1, 0.15) is 13.8 Å². The maximum absolute atomic E-state index is 5.39. The smallest absolute Gasteiger partial charge is 0.132 e. The summed E-state index contributed by atoms with van der Waals surface area (Å²) < 4.78 is 0. The van der Waals surface area contributed by atoms with E-state index in [0.717, 1.165) is 6.54 Å². The van der Waals surface area contributed by atoms with Crippen LogP contribution in [0.3, 0.4) is 0 Å². The molecule has 0 radical (unpaired) electrons. The summed E-state index contributed by atoms with van der Waals surface area (Å²) in [7, 11) is 0. The minimum atomic E-state index is -0.391. The van der Waals surface area contributed by atoms with Gasteiger partial charge in [0.05, 0.1) is 0 Å². The topological polar surface area (TPSA) is 38.0 Å². The van der Waals surface area contributed by atoms with Crippen LogP contribution in [0.25, 0.3) is 0 Å². The zero-order valence-corrected chi connectivity index (χ0v) is 6.07. The van der Waals surface area contributed by atoms with Gasteiger partial charge in [0.25, 0.3) is 0 Å². The molecule has 0 aliphatic heterocycles. The van der Waals surface area contributed by atoms with Gasteiger partial charge in [-0.3, -0.25) is 5.32 Å². The van der Waals surface area contributed by atoms with Crippen LogP contribution in [0.4, 0.5) is 0 Å². The first-order chi connectivity index (χ1) is 3.63. The van der Waals surface area contributed by atoms with Gasteiger partial charge in [0.2, 0.25) is 0 Å². The third-order valence-electron chi connectivity index (χ3n) is 0.721.